The van der Waals surface area contributed by atoms with Gasteiger partial charge in [-0.3, -0.25) is 13.7 Å². The molecule has 25 rings (SSSR count). The number of thioether (sulfide) groups is 2. The van der Waals surface area contributed by atoms with Crippen LogP contribution < -0.4 is 4.74 Å². The van der Waals surface area contributed by atoms with Gasteiger partial charge in [-0.15, -0.1) is 0 Å². The second-order valence-corrected chi connectivity index (χ2v) is 32.5. The molecule has 0 atom stereocenters. The van der Waals surface area contributed by atoms with Gasteiger partial charge in [-0.2, -0.15) is 4.98 Å². The van der Waals surface area contributed by atoms with Crippen LogP contribution in [0.4, 0.5) is 0 Å². The molecule has 16 aromatic carbocycles. The zero-order chi connectivity index (χ0) is 81.3. The summed E-state index contributed by atoms with van der Waals surface area (Å²) in [6.45, 7) is 0. The molecule has 123 heavy (non-hydrogen) atoms. The van der Waals surface area contributed by atoms with Crippen molar-refractivity contribution in [3.63, 3.8) is 0 Å². The molecule has 0 radical (unpaired) electrons. The van der Waals surface area contributed by atoms with E-state index in [0.717, 1.165) is 105 Å². The van der Waals surface area contributed by atoms with Crippen molar-refractivity contribution in [1.29, 1.82) is 0 Å². The Labute approximate surface area is 717 Å². The minimum atomic E-state index is -0.736. The summed E-state index contributed by atoms with van der Waals surface area (Å²) in [5.74, 6) is 6.34. The van der Waals surface area contributed by atoms with Gasteiger partial charge in [-0.1, -0.05) is 333 Å². The van der Waals surface area contributed by atoms with Crippen LogP contribution in [0.5, 0.6) is 11.8 Å². The number of aromatic nitrogens is 12. The minimum absolute atomic E-state index is 0.566. The molecule has 15 heteroatoms. The first-order valence-electron chi connectivity index (χ1n) is 41.0. The van der Waals surface area contributed by atoms with Gasteiger partial charge in [0.2, 0.25) is 0 Å². The van der Waals surface area contributed by atoms with Crippen molar-refractivity contribution in [2.75, 3.05) is 0 Å². The first-order valence-corrected chi connectivity index (χ1v) is 43.0. The molecule has 0 saturated heterocycles. The lowest BCUT2D eigenvalue weighted by molar-refractivity contribution is 0.340. The summed E-state index contributed by atoms with van der Waals surface area (Å²) >= 11 is 3.60. The van der Waals surface area contributed by atoms with E-state index >= 15 is 0 Å². The molecule has 0 fully saturated rings. The molecule has 0 amide bonds. The highest BCUT2D eigenvalue weighted by Gasteiger charge is 2.52. The molecule has 5 aromatic heterocycles. The Morgan fingerprint density at radius 2 is 0.569 bits per heavy atom. The number of benzene rings is 16. The van der Waals surface area contributed by atoms with E-state index in [0.29, 0.717) is 41.0 Å². The molecule has 0 saturated carbocycles. The average molecular weight is 1620 g/mol. The molecular weight excluding hydrogens is 1550 g/mol. The van der Waals surface area contributed by atoms with Crippen LogP contribution in [0, 0.1) is 0 Å². The fraction of sp³-hybridized carbons (Fsp3) is 0.0278. The van der Waals surface area contributed by atoms with E-state index in [9.17, 15) is 0 Å². The lowest BCUT2D eigenvalue weighted by Crippen LogP contribution is -2.38. The lowest BCUT2D eigenvalue weighted by Gasteiger charge is -2.39. The topological polar surface area (TPSA) is 140 Å². The smallest absolute Gasteiger partial charge is 0.304 e. The quantitative estimate of drug-likeness (QED) is 0.129. The Kier molecular flexibility index (Phi) is 18.1. The van der Waals surface area contributed by atoms with Gasteiger partial charge in [0.1, 0.15) is 11.3 Å². The van der Waals surface area contributed by atoms with Crippen LogP contribution in [0.1, 0.15) is 27.8 Å². The maximum absolute atomic E-state index is 6.65. The second kappa shape index (κ2) is 30.7. The summed E-state index contributed by atoms with van der Waals surface area (Å²) in [5, 5.41) is 2.11. The number of ether oxygens (including phenoxy) is 1. The largest absolute Gasteiger partial charge is 0.425 e. The third-order valence-electron chi connectivity index (χ3n) is 23.4. The van der Waals surface area contributed by atoms with E-state index in [1.54, 1.807) is 11.8 Å². The van der Waals surface area contributed by atoms with E-state index < -0.39 is 5.54 Å². The number of fused-ring (bicyclic) bond motifs is 21. The van der Waals surface area contributed by atoms with Crippen molar-refractivity contribution in [2.45, 2.75) is 27.4 Å². The fourth-order valence-corrected chi connectivity index (χ4v) is 20.0. The van der Waals surface area contributed by atoms with Crippen molar-refractivity contribution in [3.05, 3.63) is 428 Å². The van der Waals surface area contributed by atoms with Gasteiger partial charge in [0.05, 0.1) is 44.5 Å². The Morgan fingerprint density at radius 3 is 1.03 bits per heavy atom. The third kappa shape index (κ3) is 12.9. The van der Waals surface area contributed by atoms with Crippen molar-refractivity contribution >= 4 is 56.6 Å². The predicted octanol–water partition coefficient (Wildman–Crippen LogP) is 26.3. The molecule has 1 aliphatic carbocycles. The first-order chi connectivity index (χ1) is 60.9. The van der Waals surface area contributed by atoms with Crippen LogP contribution >= 0.6 is 23.5 Å². The fourth-order valence-electron chi connectivity index (χ4n) is 17.8. The molecule has 0 unspecified atom stereocenters. The standard InChI is InChI=1S/C41H25N5O.C35H23N5S.C32H22N2S/c1-3-13-26(14-4-1)37-43-38(27-15-5-2-6-16-27)45-39(44-37)28-23-24-36-33(25-28)41(46-35-22-12-11-21-34(35)42-40(46)47-36)31-19-9-7-17-29(31)30-18-8-10-20-32(30)41;1-3-11-23(12-4-1)32-37-33(24-13-5-2-6-14-24)39-34(38-32)26-16-9-15-25(21-26)27-17-10-20-30-28(27)22-41-35-36-29-18-7-8-19-31(29)40(30)35;1-3-10-22(11-4-1)24-18-25(23-12-5-2-6-13-23)20-26(19-24)27-14-9-17-30-28(27)21-35-32-33-29-15-7-8-16-31(29)34(30)32/h1-25H;1-21H,22H2;1-20H,21H2. The molecule has 0 N–H and O–H groups in total. The minimum Gasteiger partial charge on any atom is -0.425 e. The zero-order valence-corrected chi connectivity index (χ0v) is 67.7. The van der Waals surface area contributed by atoms with Gasteiger partial charge < -0.3 is 4.74 Å². The molecule has 21 aromatic rings. The van der Waals surface area contributed by atoms with Gasteiger partial charge in [-0.05, 0) is 169 Å². The summed E-state index contributed by atoms with van der Waals surface area (Å²) in [6.07, 6.45) is 0. The SMILES string of the molecule is c1ccc(-c2cc(-c3ccccc3)cc(-c3cccc4c3CSc3nc5ccccc5n3-4)c2)cc1.c1ccc(-c2nc(-c3ccccc3)nc(-c3ccc4c(c3)C3(c5ccccc5-c5ccccc53)n3c(nc5ccccc53)O4)n2)cc1.c1ccc(-c2nc(-c3ccccc3)nc(-c3cccc(-c4cccc5c4CSc4nc6ccccc6n4-5)c3)n2)cc1. The molecule has 13 nitrogen and oxygen atoms in total. The summed E-state index contributed by atoms with van der Waals surface area (Å²) in [6, 6.07) is 140. The predicted molar refractivity (Wildman–Crippen MR) is 496 cm³/mol. The van der Waals surface area contributed by atoms with Crippen molar-refractivity contribution in [2.24, 2.45) is 0 Å². The number of hydrogen-bond donors (Lipinski definition) is 0. The Bertz CT molecular complexity index is 7450. The molecule has 1 spiro atoms. The highest BCUT2D eigenvalue weighted by atomic mass is 32.2. The van der Waals surface area contributed by atoms with Crippen molar-refractivity contribution in [3.8, 4) is 147 Å². The molecule has 4 aliphatic rings. The normalized spacial score (nSPS) is 12.7. The van der Waals surface area contributed by atoms with Crippen LogP contribution in [0.25, 0.3) is 168 Å². The molecule has 580 valence electrons. The number of rotatable bonds is 10. The second-order valence-electron chi connectivity index (χ2n) is 30.6. The number of para-hydroxylation sites is 6. The lowest BCUT2D eigenvalue weighted by atomic mass is 9.78. The van der Waals surface area contributed by atoms with Gasteiger partial charge in [0, 0.05) is 50.4 Å². The summed E-state index contributed by atoms with van der Waals surface area (Å²) in [7, 11) is 0. The third-order valence-corrected chi connectivity index (χ3v) is 25.4. The molecule has 0 bridgehead atoms. The van der Waals surface area contributed by atoms with Gasteiger partial charge in [-0.25, -0.2) is 39.9 Å². The first kappa shape index (κ1) is 72.7. The van der Waals surface area contributed by atoms with Gasteiger partial charge >= 0.3 is 6.01 Å². The number of nitrogens with zero attached hydrogens (tertiary/aromatic N) is 12. The maximum Gasteiger partial charge on any atom is 0.304 e. The van der Waals surface area contributed by atoms with E-state index in [-0.39, 0.29) is 0 Å². The van der Waals surface area contributed by atoms with Crippen LogP contribution in [-0.4, -0.2) is 58.6 Å². The number of hydrogen-bond acceptors (Lipinski definition) is 12. The van der Waals surface area contributed by atoms with E-state index in [1.165, 1.54) is 83.7 Å². The van der Waals surface area contributed by atoms with E-state index in [4.69, 9.17) is 49.6 Å². The Balaban J connectivity index is 0.000000108. The van der Waals surface area contributed by atoms with Gasteiger partial charge in [0.15, 0.2) is 45.3 Å². The van der Waals surface area contributed by atoms with E-state index in [2.05, 4.69) is 262 Å². The zero-order valence-electron chi connectivity index (χ0n) is 66.1. The van der Waals surface area contributed by atoms with Crippen molar-refractivity contribution in [1.82, 2.24) is 58.6 Å². The monoisotopic (exact) mass is 1610 g/mol. The summed E-state index contributed by atoms with van der Waals surface area (Å²) < 4.78 is 13.5. The number of imidazole rings is 3. The molecular formula is C108H70N12OS2. The van der Waals surface area contributed by atoms with Crippen molar-refractivity contribution < 1.29 is 4.74 Å². The highest BCUT2D eigenvalue weighted by molar-refractivity contribution is 7.98. The summed E-state index contributed by atoms with van der Waals surface area (Å²) in [4.78, 5) is 44.5. The van der Waals surface area contributed by atoms with Gasteiger partial charge in [0.25, 0.3) is 0 Å². The van der Waals surface area contributed by atoms with Crippen LogP contribution in [0.3, 0.4) is 0 Å². The van der Waals surface area contributed by atoms with Crippen LogP contribution in [-0.2, 0) is 17.0 Å². The Hall–Kier alpha value is -15.6. The maximum atomic E-state index is 6.65. The Morgan fingerprint density at radius 1 is 0.236 bits per heavy atom. The highest BCUT2D eigenvalue weighted by Crippen LogP contribution is 2.60. The molecule has 8 heterocycles. The van der Waals surface area contributed by atoms with E-state index in [1.807, 2.05) is 163 Å². The van der Waals surface area contributed by atoms with Crippen LogP contribution in [0.2, 0.25) is 0 Å². The average Bonchev–Trinajstić information content (AvgIpc) is 1.51. The molecule has 3 aliphatic heterocycles. The van der Waals surface area contributed by atoms with Crippen LogP contribution in [0.15, 0.2) is 411 Å². The summed E-state index contributed by atoms with van der Waals surface area (Å²) in [5.41, 5.74) is 31.8.